The topological polar surface area (TPSA) is 84.3 Å². The second kappa shape index (κ2) is 9.79. The molecule has 4 aromatic rings. The summed E-state index contributed by atoms with van der Waals surface area (Å²) in [6.45, 7) is 3.02. The number of carbonyl (C=O) groups excluding carboxylic acids is 1. The number of pyridine rings is 1. The molecule has 0 aliphatic carbocycles. The first-order valence-electron chi connectivity index (χ1n) is 11.0. The Kier molecular flexibility index (Phi) is 6.81. The highest BCUT2D eigenvalue weighted by molar-refractivity contribution is 7.89. The Hall–Kier alpha value is -3.49. The van der Waals surface area contributed by atoms with Crippen LogP contribution < -0.4 is 5.32 Å². The van der Waals surface area contributed by atoms with Crippen LogP contribution in [0.15, 0.2) is 84.0 Å². The number of nitrogens with zero attached hydrogens (tertiary/aromatic N) is 3. The van der Waals surface area contributed by atoms with Gasteiger partial charge >= 0.3 is 0 Å². The number of carbonyl (C=O) groups is 1. The van der Waals surface area contributed by atoms with Gasteiger partial charge < -0.3 is 9.88 Å². The minimum absolute atomic E-state index is 0.153. The van der Waals surface area contributed by atoms with E-state index in [9.17, 15) is 13.2 Å². The molecule has 2 aromatic carbocycles. The van der Waals surface area contributed by atoms with Gasteiger partial charge in [0.2, 0.25) is 10.0 Å². The maximum absolute atomic E-state index is 13.3. The fourth-order valence-corrected chi connectivity index (χ4v) is 4.82. The van der Waals surface area contributed by atoms with Gasteiger partial charge in [0, 0.05) is 50.5 Å². The Morgan fingerprint density at radius 3 is 2.41 bits per heavy atom. The third kappa shape index (κ3) is 4.88. The van der Waals surface area contributed by atoms with Crippen molar-refractivity contribution < 1.29 is 13.2 Å². The van der Waals surface area contributed by atoms with E-state index in [2.05, 4.69) is 17.2 Å². The van der Waals surface area contributed by atoms with Gasteiger partial charge in [-0.05, 0) is 53.4 Å². The molecule has 8 heteroatoms. The lowest BCUT2D eigenvalue weighted by atomic mass is 10.0. The molecule has 0 saturated heterocycles. The molecule has 0 aliphatic heterocycles. The maximum Gasteiger partial charge on any atom is 0.267 e. The molecule has 0 radical (unpaired) electrons. The zero-order valence-corrected chi connectivity index (χ0v) is 20.3. The minimum Gasteiger partial charge on any atom is -0.350 e. The van der Waals surface area contributed by atoms with Crippen LogP contribution in [0.25, 0.3) is 10.9 Å². The van der Waals surface area contributed by atoms with Crippen molar-refractivity contribution in [3.63, 3.8) is 0 Å². The van der Waals surface area contributed by atoms with Gasteiger partial charge in [0.05, 0.1) is 4.90 Å². The molecule has 2 heterocycles. The molecule has 0 fully saturated rings. The molecule has 1 unspecified atom stereocenters. The predicted molar refractivity (Wildman–Crippen MR) is 133 cm³/mol. The van der Waals surface area contributed by atoms with E-state index in [1.54, 1.807) is 36.7 Å². The molecule has 0 bridgehead atoms. The Morgan fingerprint density at radius 2 is 1.74 bits per heavy atom. The third-order valence-corrected chi connectivity index (χ3v) is 7.72. The molecular weight excluding hydrogens is 448 g/mol. The monoisotopic (exact) mass is 476 g/mol. The standard InChI is InChI=1S/C26H28N4O3S/c1-19(21-7-5-4-6-8-21)17-28-26(31)25-16-22-15-23(34(32,33)29(2)3)9-10-24(22)30(25)18-20-11-13-27-14-12-20/h4-16,19H,17-18H2,1-3H3,(H,28,31). The summed E-state index contributed by atoms with van der Waals surface area (Å²) >= 11 is 0. The SMILES string of the molecule is CC(CNC(=O)c1cc2cc(S(=O)(=O)N(C)C)ccc2n1Cc1ccncc1)c1ccccc1. The van der Waals surface area contributed by atoms with Gasteiger partial charge in [-0.25, -0.2) is 12.7 Å². The lowest BCUT2D eigenvalue weighted by Gasteiger charge is -2.15. The zero-order valence-electron chi connectivity index (χ0n) is 19.5. The maximum atomic E-state index is 13.3. The van der Waals surface area contributed by atoms with Crippen molar-refractivity contribution in [2.45, 2.75) is 24.3 Å². The van der Waals surface area contributed by atoms with E-state index >= 15 is 0 Å². The highest BCUT2D eigenvalue weighted by Gasteiger charge is 2.21. The summed E-state index contributed by atoms with van der Waals surface area (Å²) in [7, 11) is -0.586. The highest BCUT2D eigenvalue weighted by atomic mass is 32.2. The van der Waals surface area contributed by atoms with E-state index < -0.39 is 10.0 Å². The van der Waals surface area contributed by atoms with Gasteiger partial charge in [-0.15, -0.1) is 0 Å². The Balaban J connectivity index is 1.69. The normalized spacial score (nSPS) is 12.7. The van der Waals surface area contributed by atoms with E-state index in [4.69, 9.17) is 0 Å². The molecule has 176 valence electrons. The van der Waals surface area contributed by atoms with Gasteiger partial charge in [0.15, 0.2) is 0 Å². The van der Waals surface area contributed by atoms with Crippen LogP contribution in [0.5, 0.6) is 0 Å². The van der Waals surface area contributed by atoms with Crippen molar-refractivity contribution in [2.24, 2.45) is 0 Å². The van der Waals surface area contributed by atoms with Crippen molar-refractivity contribution in [1.82, 2.24) is 19.2 Å². The van der Waals surface area contributed by atoms with Crippen molar-refractivity contribution in [2.75, 3.05) is 20.6 Å². The number of amides is 1. The van der Waals surface area contributed by atoms with Gasteiger partial charge in [-0.3, -0.25) is 9.78 Å². The fourth-order valence-electron chi connectivity index (χ4n) is 3.89. The van der Waals surface area contributed by atoms with Crippen LogP contribution >= 0.6 is 0 Å². The van der Waals surface area contributed by atoms with Crippen LogP contribution in [0.1, 0.15) is 34.5 Å². The minimum atomic E-state index is -3.59. The largest absolute Gasteiger partial charge is 0.350 e. The number of nitrogens with one attached hydrogen (secondary N) is 1. The van der Waals surface area contributed by atoms with Crippen LogP contribution in [0, 0.1) is 0 Å². The molecule has 2 aromatic heterocycles. The number of rotatable bonds is 8. The number of hydrogen-bond acceptors (Lipinski definition) is 4. The van der Waals surface area contributed by atoms with Crippen LogP contribution in [0.2, 0.25) is 0 Å². The molecule has 0 aliphatic rings. The second-order valence-corrected chi connectivity index (χ2v) is 10.7. The predicted octanol–water partition coefficient (Wildman–Crippen LogP) is 3.87. The van der Waals surface area contributed by atoms with Crippen molar-refractivity contribution in [3.8, 4) is 0 Å². The number of aromatic nitrogens is 2. The van der Waals surface area contributed by atoms with Crippen LogP contribution in [-0.4, -0.2) is 48.8 Å². The average molecular weight is 477 g/mol. The summed E-state index contributed by atoms with van der Waals surface area (Å²) in [6.07, 6.45) is 3.42. The molecule has 0 saturated carbocycles. The smallest absolute Gasteiger partial charge is 0.267 e. The molecule has 1 N–H and O–H groups in total. The molecule has 1 amide bonds. The molecule has 0 spiro atoms. The zero-order chi connectivity index (χ0) is 24.3. The number of benzene rings is 2. The van der Waals surface area contributed by atoms with Crippen LogP contribution in [0.4, 0.5) is 0 Å². The second-order valence-electron chi connectivity index (χ2n) is 8.50. The lowest BCUT2D eigenvalue weighted by molar-refractivity contribution is 0.0943. The van der Waals surface area contributed by atoms with Crippen LogP contribution in [0.3, 0.4) is 0 Å². The first-order valence-corrected chi connectivity index (χ1v) is 12.5. The molecule has 1 atom stereocenters. The number of hydrogen-bond donors (Lipinski definition) is 1. The van der Waals surface area contributed by atoms with Gasteiger partial charge in [0.1, 0.15) is 5.69 Å². The van der Waals surface area contributed by atoms with Crippen molar-refractivity contribution >= 4 is 26.8 Å². The molecule has 34 heavy (non-hydrogen) atoms. The summed E-state index contributed by atoms with van der Waals surface area (Å²) in [5.41, 5.74) is 3.41. The summed E-state index contributed by atoms with van der Waals surface area (Å²) in [5.74, 6) is -0.0509. The molecular formula is C26H28N4O3S. The van der Waals surface area contributed by atoms with E-state index in [1.165, 1.54) is 18.4 Å². The first-order chi connectivity index (χ1) is 16.3. The van der Waals surface area contributed by atoms with E-state index in [-0.39, 0.29) is 16.7 Å². The van der Waals surface area contributed by atoms with Crippen LogP contribution in [-0.2, 0) is 16.6 Å². The Bertz CT molecular complexity index is 1400. The van der Waals surface area contributed by atoms with E-state index in [1.807, 2.05) is 47.0 Å². The summed E-state index contributed by atoms with van der Waals surface area (Å²) in [4.78, 5) is 17.5. The summed E-state index contributed by atoms with van der Waals surface area (Å²) < 4.78 is 28.4. The number of fused-ring (bicyclic) bond motifs is 1. The molecule has 7 nitrogen and oxygen atoms in total. The van der Waals surface area contributed by atoms with E-state index in [0.29, 0.717) is 24.2 Å². The first kappa shape index (κ1) is 23.7. The Labute approximate surface area is 200 Å². The van der Waals surface area contributed by atoms with Crippen molar-refractivity contribution in [3.05, 3.63) is 95.9 Å². The highest BCUT2D eigenvalue weighted by Crippen LogP contribution is 2.26. The van der Waals surface area contributed by atoms with E-state index in [0.717, 1.165) is 16.6 Å². The Morgan fingerprint density at radius 1 is 1.03 bits per heavy atom. The molecule has 4 rings (SSSR count). The summed E-state index contributed by atoms with van der Waals surface area (Å²) in [6, 6.07) is 20.6. The fraction of sp³-hybridized carbons (Fsp3) is 0.231. The summed E-state index contributed by atoms with van der Waals surface area (Å²) in [5, 5.41) is 3.74. The third-order valence-electron chi connectivity index (χ3n) is 5.91. The van der Waals surface area contributed by atoms with Gasteiger partial charge in [-0.2, -0.15) is 0 Å². The average Bonchev–Trinajstić information content (AvgIpc) is 3.21. The van der Waals surface area contributed by atoms with Gasteiger partial charge in [0.25, 0.3) is 5.91 Å². The lowest BCUT2D eigenvalue weighted by Crippen LogP contribution is -2.29. The number of sulfonamides is 1. The van der Waals surface area contributed by atoms with Crippen molar-refractivity contribution in [1.29, 1.82) is 0 Å². The van der Waals surface area contributed by atoms with Gasteiger partial charge in [-0.1, -0.05) is 37.3 Å². The quantitative estimate of drug-likeness (QED) is 0.418.